The van der Waals surface area contributed by atoms with Crippen molar-refractivity contribution in [1.29, 1.82) is 0 Å². The van der Waals surface area contributed by atoms with Crippen LogP contribution in [0, 0.1) is 6.92 Å². The normalized spacial score (nSPS) is 12.2. The molecule has 0 bridgehead atoms. The Morgan fingerprint density at radius 3 is 1.92 bits per heavy atom. The molecule has 1 N–H and O–H groups in total. The first-order valence-corrected chi connectivity index (χ1v) is 6.93. The second kappa shape index (κ2) is 7.22. The maximum atomic E-state index is 12.6. The molecule has 6 nitrogen and oxygen atoms in total. The standard InChI is InChI=1S/C14H12F6N4O2/c1-7-3-5-8(6-4-7)21-10-22-11(25-2)24-12(23-10)26-9(13(15,16)17)14(18,19)20/h3-6,9H,1-2H3,(H,21,22,23,24). The molecule has 26 heavy (non-hydrogen) atoms. The van der Waals surface area contributed by atoms with Gasteiger partial charge in [-0.2, -0.15) is 36.3 Å². The highest BCUT2D eigenvalue weighted by atomic mass is 19.4. The van der Waals surface area contributed by atoms with Gasteiger partial charge in [-0.3, -0.25) is 0 Å². The molecular weight excluding hydrogens is 370 g/mol. The average molecular weight is 382 g/mol. The fourth-order valence-corrected chi connectivity index (χ4v) is 1.73. The molecular formula is C14H12F6N4O2. The smallest absolute Gasteiger partial charge is 0.434 e. The van der Waals surface area contributed by atoms with E-state index in [1.807, 2.05) is 6.92 Å². The topological polar surface area (TPSA) is 69.2 Å². The minimum absolute atomic E-state index is 0.348. The molecule has 0 aliphatic rings. The summed E-state index contributed by atoms with van der Waals surface area (Å²) in [6.45, 7) is 1.83. The van der Waals surface area contributed by atoms with Gasteiger partial charge in [0.25, 0.3) is 6.10 Å². The van der Waals surface area contributed by atoms with Gasteiger partial charge in [-0.15, -0.1) is 4.98 Å². The number of nitrogens with zero attached hydrogens (tertiary/aromatic N) is 3. The lowest BCUT2D eigenvalue weighted by atomic mass is 10.2. The third kappa shape index (κ3) is 5.10. The Bertz CT molecular complexity index is 735. The number of hydrogen-bond acceptors (Lipinski definition) is 6. The number of halogens is 6. The Hall–Kier alpha value is -2.79. The van der Waals surface area contributed by atoms with Crippen molar-refractivity contribution in [3.63, 3.8) is 0 Å². The number of rotatable bonds is 5. The molecule has 1 aromatic carbocycles. The van der Waals surface area contributed by atoms with Crippen LogP contribution in [0.5, 0.6) is 12.0 Å². The van der Waals surface area contributed by atoms with E-state index in [4.69, 9.17) is 0 Å². The molecule has 12 heteroatoms. The summed E-state index contributed by atoms with van der Waals surface area (Å²) in [7, 11) is 1.08. The first-order valence-electron chi connectivity index (χ1n) is 6.93. The molecule has 1 aromatic heterocycles. The highest BCUT2D eigenvalue weighted by molar-refractivity contribution is 5.53. The van der Waals surface area contributed by atoms with Crippen molar-refractivity contribution >= 4 is 11.6 Å². The number of methoxy groups -OCH3 is 1. The van der Waals surface area contributed by atoms with E-state index in [0.717, 1.165) is 12.7 Å². The molecule has 0 fully saturated rings. The van der Waals surface area contributed by atoms with E-state index in [-0.39, 0.29) is 5.95 Å². The summed E-state index contributed by atoms with van der Waals surface area (Å²) >= 11 is 0. The molecule has 142 valence electrons. The highest BCUT2D eigenvalue weighted by Crippen LogP contribution is 2.36. The zero-order chi connectivity index (χ0) is 19.5. The van der Waals surface area contributed by atoms with Gasteiger partial charge in [-0.05, 0) is 19.1 Å². The fraction of sp³-hybridized carbons (Fsp3) is 0.357. The molecule has 0 atom stereocenters. The van der Waals surface area contributed by atoms with E-state index >= 15 is 0 Å². The number of nitrogens with one attached hydrogen (secondary N) is 1. The molecule has 0 unspecified atom stereocenters. The first-order chi connectivity index (χ1) is 12.0. The van der Waals surface area contributed by atoms with Crippen molar-refractivity contribution in [2.45, 2.75) is 25.4 Å². The van der Waals surface area contributed by atoms with E-state index in [9.17, 15) is 26.3 Å². The molecule has 2 rings (SSSR count). The van der Waals surface area contributed by atoms with Gasteiger partial charge in [-0.25, -0.2) is 0 Å². The lowest BCUT2D eigenvalue weighted by Crippen LogP contribution is -2.46. The molecule has 0 amide bonds. The van der Waals surface area contributed by atoms with Gasteiger partial charge in [0.2, 0.25) is 5.95 Å². The monoisotopic (exact) mass is 382 g/mol. The number of anilines is 2. The summed E-state index contributed by atoms with van der Waals surface area (Å²) in [5.41, 5.74) is 1.38. The van der Waals surface area contributed by atoms with Crippen molar-refractivity contribution in [2.24, 2.45) is 0 Å². The third-order valence-corrected chi connectivity index (χ3v) is 2.90. The average Bonchev–Trinajstić information content (AvgIpc) is 2.52. The van der Waals surface area contributed by atoms with E-state index in [1.54, 1.807) is 24.3 Å². The number of benzene rings is 1. The van der Waals surface area contributed by atoms with Crippen molar-refractivity contribution in [1.82, 2.24) is 15.0 Å². The molecule has 0 saturated heterocycles. The molecule has 0 saturated carbocycles. The largest absolute Gasteiger partial charge is 0.467 e. The van der Waals surface area contributed by atoms with E-state index in [0.29, 0.717) is 5.69 Å². The number of hydrogen-bond donors (Lipinski definition) is 1. The Kier molecular flexibility index (Phi) is 5.42. The summed E-state index contributed by atoms with van der Waals surface area (Å²) in [5.74, 6) is -0.348. The number of aromatic nitrogens is 3. The van der Waals surface area contributed by atoms with Crippen LogP contribution in [0.4, 0.5) is 38.0 Å². The number of alkyl halides is 6. The summed E-state index contributed by atoms with van der Waals surface area (Å²) in [5, 5.41) is 2.61. The van der Waals surface area contributed by atoms with Gasteiger partial charge < -0.3 is 14.8 Å². The summed E-state index contributed by atoms with van der Waals surface area (Å²) in [4.78, 5) is 10.4. The lowest BCUT2D eigenvalue weighted by Gasteiger charge is -2.22. The van der Waals surface area contributed by atoms with E-state index in [1.165, 1.54) is 0 Å². The zero-order valence-corrected chi connectivity index (χ0v) is 13.3. The summed E-state index contributed by atoms with van der Waals surface area (Å²) in [6.07, 6.45) is -15.5. The predicted octanol–water partition coefficient (Wildman–Crippen LogP) is 3.80. The van der Waals surface area contributed by atoms with Gasteiger partial charge in [0.05, 0.1) is 7.11 Å². The number of ether oxygens (including phenoxy) is 2. The van der Waals surface area contributed by atoms with Crippen LogP contribution in [0.15, 0.2) is 24.3 Å². The molecule has 0 aliphatic heterocycles. The second-order valence-corrected chi connectivity index (χ2v) is 5.00. The van der Waals surface area contributed by atoms with Gasteiger partial charge in [0, 0.05) is 5.69 Å². The quantitative estimate of drug-likeness (QED) is 0.794. The van der Waals surface area contributed by atoms with E-state index < -0.39 is 30.5 Å². The minimum atomic E-state index is -5.71. The SMILES string of the molecule is COc1nc(Nc2ccc(C)cc2)nc(OC(C(F)(F)F)C(F)(F)F)n1. The van der Waals surface area contributed by atoms with Crippen molar-refractivity contribution in [3.05, 3.63) is 29.8 Å². The van der Waals surface area contributed by atoms with Gasteiger partial charge in [0.15, 0.2) is 0 Å². The maximum Gasteiger partial charge on any atom is 0.434 e. The zero-order valence-electron chi connectivity index (χ0n) is 13.3. The van der Waals surface area contributed by atoms with Gasteiger partial charge in [-0.1, -0.05) is 17.7 Å². The molecule has 1 heterocycles. The van der Waals surface area contributed by atoms with Crippen LogP contribution in [0.25, 0.3) is 0 Å². The van der Waals surface area contributed by atoms with Crippen molar-refractivity contribution in [3.8, 4) is 12.0 Å². The molecule has 0 aliphatic carbocycles. The maximum absolute atomic E-state index is 12.6. The first kappa shape index (κ1) is 19.5. The van der Waals surface area contributed by atoms with Crippen LogP contribution in [0.1, 0.15) is 5.56 Å². The van der Waals surface area contributed by atoms with Crippen LogP contribution >= 0.6 is 0 Å². The number of aryl methyl sites for hydroxylation is 1. The third-order valence-electron chi connectivity index (χ3n) is 2.90. The summed E-state index contributed by atoms with van der Waals surface area (Å²) < 4.78 is 84.2. The Morgan fingerprint density at radius 2 is 1.42 bits per heavy atom. The Morgan fingerprint density at radius 1 is 0.885 bits per heavy atom. The minimum Gasteiger partial charge on any atom is -0.467 e. The van der Waals surface area contributed by atoms with Gasteiger partial charge >= 0.3 is 24.4 Å². The Labute approximate surface area is 143 Å². The molecule has 2 aromatic rings. The van der Waals surface area contributed by atoms with Crippen LogP contribution in [0.2, 0.25) is 0 Å². The van der Waals surface area contributed by atoms with Crippen LogP contribution in [-0.2, 0) is 0 Å². The second-order valence-electron chi connectivity index (χ2n) is 5.00. The van der Waals surface area contributed by atoms with E-state index in [2.05, 4.69) is 29.7 Å². The van der Waals surface area contributed by atoms with Gasteiger partial charge in [0.1, 0.15) is 0 Å². The molecule has 0 spiro atoms. The van der Waals surface area contributed by atoms with Crippen LogP contribution in [-0.4, -0.2) is 40.5 Å². The van der Waals surface area contributed by atoms with Crippen LogP contribution in [0.3, 0.4) is 0 Å². The highest BCUT2D eigenvalue weighted by Gasteiger charge is 2.59. The van der Waals surface area contributed by atoms with Crippen molar-refractivity contribution in [2.75, 3.05) is 12.4 Å². The molecule has 0 radical (unpaired) electrons. The lowest BCUT2D eigenvalue weighted by molar-refractivity contribution is -0.301. The summed E-state index contributed by atoms with van der Waals surface area (Å²) in [6, 6.07) is 4.96. The van der Waals surface area contributed by atoms with Crippen LogP contribution < -0.4 is 14.8 Å². The predicted molar refractivity (Wildman–Crippen MR) is 77.4 cm³/mol. The fourth-order valence-electron chi connectivity index (χ4n) is 1.73. The Balaban J connectivity index is 2.32. The van der Waals surface area contributed by atoms with Crippen molar-refractivity contribution < 1.29 is 35.8 Å².